The van der Waals surface area contributed by atoms with Crippen molar-refractivity contribution in [3.05, 3.63) is 18.2 Å². The highest BCUT2D eigenvalue weighted by molar-refractivity contribution is 4.99. The minimum absolute atomic E-state index is 0.519. The van der Waals surface area contributed by atoms with Crippen molar-refractivity contribution >= 4 is 0 Å². The molecule has 0 aliphatic heterocycles. The zero-order valence-electron chi connectivity index (χ0n) is 8.91. The molecule has 0 aromatic carbocycles. The number of hydrogen-bond acceptors (Lipinski definition) is 2. The summed E-state index contributed by atoms with van der Waals surface area (Å²) in [7, 11) is 1.96. The smallest absolute Gasteiger partial charge is 0.0951 e. The van der Waals surface area contributed by atoms with Crippen LogP contribution in [0.2, 0.25) is 0 Å². The first kappa shape index (κ1) is 10.3. The number of hydrogen-bond donors (Lipinski definition) is 1. The van der Waals surface area contributed by atoms with Gasteiger partial charge < -0.3 is 9.88 Å². The summed E-state index contributed by atoms with van der Waals surface area (Å²) in [6, 6.07) is 0.519. The van der Waals surface area contributed by atoms with E-state index in [1.807, 2.05) is 19.6 Å². The summed E-state index contributed by atoms with van der Waals surface area (Å²) < 4.78 is 2.24. The molecule has 1 aromatic rings. The number of nitrogens with zero attached hydrogens (tertiary/aromatic N) is 2. The van der Waals surface area contributed by atoms with E-state index < -0.39 is 0 Å². The molecule has 0 spiro atoms. The van der Waals surface area contributed by atoms with Crippen molar-refractivity contribution in [1.82, 2.24) is 14.9 Å². The summed E-state index contributed by atoms with van der Waals surface area (Å²) in [5.74, 6) is 0.643. The van der Waals surface area contributed by atoms with Crippen LogP contribution in [0.4, 0.5) is 0 Å². The van der Waals surface area contributed by atoms with Gasteiger partial charge in [0.2, 0.25) is 0 Å². The summed E-state index contributed by atoms with van der Waals surface area (Å²) in [5, 5.41) is 3.14. The maximum Gasteiger partial charge on any atom is 0.0951 e. The van der Waals surface area contributed by atoms with Gasteiger partial charge in [-0.2, -0.15) is 0 Å². The van der Waals surface area contributed by atoms with E-state index in [0.29, 0.717) is 12.0 Å². The average molecular weight is 181 g/mol. The Hall–Kier alpha value is -0.830. The van der Waals surface area contributed by atoms with Gasteiger partial charge in [0.15, 0.2) is 0 Å². The maximum atomic E-state index is 4.17. The molecule has 0 amide bonds. The van der Waals surface area contributed by atoms with E-state index in [9.17, 15) is 0 Å². The normalized spacial score (nSPS) is 13.6. The van der Waals surface area contributed by atoms with Crippen molar-refractivity contribution in [3.8, 4) is 0 Å². The number of rotatable bonds is 4. The van der Waals surface area contributed by atoms with Gasteiger partial charge >= 0.3 is 0 Å². The lowest BCUT2D eigenvalue weighted by Crippen LogP contribution is -2.16. The first-order chi connectivity index (χ1) is 6.16. The molecule has 74 valence electrons. The number of imidazole rings is 1. The lowest BCUT2D eigenvalue weighted by Gasteiger charge is -2.19. The molecule has 13 heavy (non-hydrogen) atoms. The molecule has 1 N–H and O–H groups in total. The standard InChI is InChI=1S/C10H19N3/c1-8(2)9(3)13-7-12-6-10(13)5-11-4/h6-9,11H,5H2,1-4H3. The topological polar surface area (TPSA) is 29.9 Å². The number of aromatic nitrogens is 2. The maximum absolute atomic E-state index is 4.17. The average Bonchev–Trinajstić information content (AvgIpc) is 2.52. The largest absolute Gasteiger partial charge is 0.330 e. The minimum atomic E-state index is 0.519. The third kappa shape index (κ3) is 2.31. The SMILES string of the molecule is CNCc1cncn1C(C)C(C)C. The van der Waals surface area contributed by atoms with Gasteiger partial charge in [-0.15, -0.1) is 0 Å². The summed E-state index contributed by atoms with van der Waals surface area (Å²) in [5.41, 5.74) is 1.25. The van der Waals surface area contributed by atoms with Gasteiger partial charge in [0.1, 0.15) is 0 Å². The Bertz CT molecular complexity index is 252. The molecule has 0 fully saturated rings. The van der Waals surface area contributed by atoms with Gasteiger partial charge in [0.25, 0.3) is 0 Å². The Labute approximate surface area is 80.2 Å². The van der Waals surface area contributed by atoms with E-state index in [1.54, 1.807) is 0 Å². The second-order valence-electron chi connectivity index (χ2n) is 3.81. The Morgan fingerprint density at radius 3 is 2.69 bits per heavy atom. The quantitative estimate of drug-likeness (QED) is 0.768. The van der Waals surface area contributed by atoms with E-state index in [0.717, 1.165) is 6.54 Å². The monoisotopic (exact) mass is 181 g/mol. The molecule has 0 saturated carbocycles. The molecular weight excluding hydrogens is 162 g/mol. The first-order valence-electron chi connectivity index (χ1n) is 4.82. The lowest BCUT2D eigenvalue weighted by molar-refractivity contribution is 0.396. The third-order valence-electron chi connectivity index (χ3n) is 2.51. The van der Waals surface area contributed by atoms with E-state index >= 15 is 0 Å². The summed E-state index contributed by atoms with van der Waals surface area (Å²) in [4.78, 5) is 4.17. The second kappa shape index (κ2) is 4.42. The second-order valence-corrected chi connectivity index (χ2v) is 3.81. The van der Waals surface area contributed by atoms with Crippen molar-refractivity contribution in [3.63, 3.8) is 0 Å². The molecule has 0 bridgehead atoms. The third-order valence-corrected chi connectivity index (χ3v) is 2.51. The van der Waals surface area contributed by atoms with Gasteiger partial charge in [-0.25, -0.2) is 4.98 Å². The molecule has 0 radical (unpaired) electrons. The molecule has 3 nitrogen and oxygen atoms in total. The van der Waals surface area contributed by atoms with Gasteiger partial charge in [0, 0.05) is 18.8 Å². The summed E-state index contributed by atoms with van der Waals surface area (Å²) in [6.45, 7) is 7.57. The van der Waals surface area contributed by atoms with Crippen LogP contribution in [0.15, 0.2) is 12.5 Å². The van der Waals surface area contributed by atoms with Crippen LogP contribution in [0.5, 0.6) is 0 Å². The van der Waals surface area contributed by atoms with Crippen LogP contribution in [0.25, 0.3) is 0 Å². The van der Waals surface area contributed by atoms with Crippen LogP contribution >= 0.6 is 0 Å². The van der Waals surface area contributed by atoms with Crippen molar-refractivity contribution in [2.75, 3.05) is 7.05 Å². The van der Waals surface area contributed by atoms with Crippen molar-refractivity contribution < 1.29 is 0 Å². The van der Waals surface area contributed by atoms with Gasteiger partial charge in [0.05, 0.1) is 12.0 Å². The lowest BCUT2D eigenvalue weighted by atomic mass is 10.1. The molecule has 0 aliphatic carbocycles. The van der Waals surface area contributed by atoms with Gasteiger partial charge in [-0.1, -0.05) is 13.8 Å². The van der Waals surface area contributed by atoms with E-state index in [4.69, 9.17) is 0 Å². The molecule has 0 aliphatic rings. The van der Waals surface area contributed by atoms with Crippen molar-refractivity contribution in [2.24, 2.45) is 5.92 Å². The van der Waals surface area contributed by atoms with Gasteiger partial charge in [-0.3, -0.25) is 0 Å². The highest BCUT2D eigenvalue weighted by atomic mass is 15.1. The Morgan fingerprint density at radius 1 is 1.46 bits per heavy atom. The Kier molecular flexibility index (Phi) is 3.48. The highest BCUT2D eigenvalue weighted by Gasteiger charge is 2.11. The molecule has 3 heteroatoms. The van der Waals surface area contributed by atoms with Crippen molar-refractivity contribution in [2.45, 2.75) is 33.4 Å². The zero-order valence-corrected chi connectivity index (χ0v) is 8.91. The Balaban J connectivity index is 2.80. The van der Waals surface area contributed by atoms with E-state index in [1.165, 1.54) is 5.69 Å². The highest BCUT2D eigenvalue weighted by Crippen LogP contribution is 2.18. The molecule has 1 atom stereocenters. The first-order valence-corrected chi connectivity index (χ1v) is 4.82. The minimum Gasteiger partial charge on any atom is -0.330 e. The zero-order chi connectivity index (χ0) is 9.84. The van der Waals surface area contributed by atoms with Crippen LogP contribution in [0.3, 0.4) is 0 Å². The van der Waals surface area contributed by atoms with E-state index in [-0.39, 0.29) is 0 Å². The summed E-state index contributed by atoms with van der Waals surface area (Å²) in [6.07, 6.45) is 3.84. The van der Waals surface area contributed by atoms with Crippen molar-refractivity contribution in [1.29, 1.82) is 0 Å². The molecule has 1 aromatic heterocycles. The van der Waals surface area contributed by atoms with E-state index in [2.05, 4.69) is 35.6 Å². The van der Waals surface area contributed by atoms with Crippen LogP contribution in [0.1, 0.15) is 32.5 Å². The molecular formula is C10H19N3. The predicted octanol–water partition coefficient (Wildman–Crippen LogP) is 1.82. The van der Waals surface area contributed by atoms with Crippen LogP contribution in [-0.2, 0) is 6.54 Å². The van der Waals surface area contributed by atoms with Crippen LogP contribution < -0.4 is 5.32 Å². The van der Waals surface area contributed by atoms with Gasteiger partial charge in [-0.05, 0) is 19.9 Å². The Morgan fingerprint density at radius 2 is 2.15 bits per heavy atom. The fourth-order valence-corrected chi connectivity index (χ4v) is 1.34. The van der Waals surface area contributed by atoms with Crippen LogP contribution in [-0.4, -0.2) is 16.6 Å². The number of nitrogens with one attached hydrogen (secondary N) is 1. The fourth-order valence-electron chi connectivity index (χ4n) is 1.34. The predicted molar refractivity (Wildman–Crippen MR) is 54.5 cm³/mol. The summed E-state index contributed by atoms with van der Waals surface area (Å²) >= 11 is 0. The molecule has 1 rings (SSSR count). The van der Waals surface area contributed by atoms with Crippen LogP contribution in [0, 0.1) is 5.92 Å². The molecule has 1 unspecified atom stereocenters. The fraction of sp³-hybridized carbons (Fsp3) is 0.700. The molecule has 0 saturated heterocycles. The molecule has 1 heterocycles.